The summed E-state index contributed by atoms with van der Waals surface area (Å²) in [4.78, 5) is 0. The van der Waals surface area contributed by atoms with E-state index in [4.69, 9.17) is 4.74 Å². The molecule has 118 valence electrons. The number of ether oxygens (including phenoxy) is 1. The fraction of sp³-hybridized carbons (Fsp3) is 1.00. The topological polar surface area (TPSA) is 21.3 Å². The Morgan fingerprint density at radius 1 is 1.10 bits per heavy atom. The van der Waals surface area contributed by atoms with Crippen LogP contribution in [0.25, 0.3) is 0 Å². The SMILES string of the molecule is CCCNC(COC1CCC(C)(C)CC1)C1CCCC1. The highest BCUT2D eigenvalue weighted by Crippen LogP contribution is 2.36. The number of hydrogen-bond donors (Lipinski definition) is 1. The van der Waals surface area contributed by atoms with Crippen molar-refractivity contribution >= 4 is 0 Å². The number of nitrogens with one attached hydrogen (secondary N) is 1. The summed E-state index contributed by atoms with van der Waals surface area (Å²) < 4.78 is 6.29. The third-order valence-electron chi connectivity index (χ3n) is 5.42. The van der Waals surface area contributed by atoms with Crippen molar-refractivity contribution in [3.63, 3.8) is 0 Å². The van der Waals surface area contributed by atoms with E-state index in [1.165, 1.54) is 57.8 Å². The van der Waals surface area contributed by atoms with Gasteiger partial charge in [0, 0.05) is 6.04 Å². The lowest BCUT2D eigenvalue weighted by Gasteiger charge is -2.35. The third-order valence-corrected chi connectivity index (χ3v) is 5.42. The van der Waals surface area contributed by atoms with E-state index in [2.05, 4.69) is 26.1 Å². The van der Waals surface area contributed by atoms with E-state index in [-0.39, 0.29) is 0 Å². The summed E-state index contributed by atoms with van der Waals surface area (Å²) >= 11 is 0. The Morgan fingerprint density at radius 2 is 1.75 bits per heavy atom. The van der Waals surface area contributed by atoms with Crippen LogP contribution in [0.1, 0.15) is 78.6 Å². The molecule has 2 heteroatoms. The monoisotopic (exact) mass is 281 g/mol. The van der Waals surface area contributed by atoms with Gasteiger partial charge < -0.3 is 10.1 Å². The summed E-state index contributed by atoms with van der Waals surface area (Å²) in [7, 11) is 0. The van der Waals surface area contributed by atoms with Crippen molar-refractivity contribution in [3.05, 3.63) is 0 Å². The average Bonchev–Trinajstić information content (AvgIpc) is 2.94. The maximum atomic E-state index is 6.29. The molecule has 0 aliphatic heterocycles. The molecule has 0 aromatic heterocycles. The lowest BCUT2D eigenvalue weighted by atomic mass is 9.76. The fourth-order valence-electron chi connectivity index (χ4n) is 3.83. The highest BCUT2D eigenvalue weighted by atomic mass is 16.5. The molecular weight excluding hydrogens is 246 g/mol. The number of rotatable bonds is 7. The molecule has 1 unspecified atom stereocenters. The van der Waals surface area contributed by atoms with Crippen molar-refractivity contribution in [1.29, 1.82) is 0 Å². The first-order valence-corrected chi connectivity index (χ1v) is 8.96. The van der Waals surface area contributed by atoms with Crippen LogP contribution in [-0.4, -0.2) is 25.3 Å². The van der Waals surface area contributed by atoms with Gasteiger partial charge in [-0.1, -0.05) is 33.6 Å². The molecule has 0 bridgehead atoms. The van der Waals surface area contributed by atoms with Crippen LogP contribution >= 0.6 is 0 Å². The van der Waals surface area contributed by atoms with E-state index < -0.39 is 0 Å². The summed E-state index contributed by atoms with van der Waals surface area (Å²) in [6, 6.07) is 0.604. The Labute approximate surface area is 126 Å². The second-order valence-corrected chi connectivity index (χ2v) is 7.80. The summed E-state index contributed by atoms with van der Waals surface area (Å²) in [5, 5.41) is 3.74. The van der Waals surface area contributed by atoms with Crippen LogP contribution < -0.4 is 5.32 Å². The van der Waals surface area contributed by atoms with Crippen molar-refractivity contribution in [1.82, 2.24) is 5.32 Å². The molecule has 0 saturated heterocycles. The molecule has 0 aromatic rings. The molecule has 0 aromatic carbocycles. The van der Waals surface area contributed by atoms with E-state index in [0.717, 1.165) is 19.1 Å². The van der Waals surface area contributed by atoms with Gasteiger partial charge in [0.25, 0.3) is 0 Å². The molecule has 2 aliphatic carbocycles. The molecule has 2 nitrogen and oxygen atoms in total. The molecular formula is C18H35NO. The van der Waals surface area contributed by atoms with E-state index >= 15 is 0 Å². The van der Waals surface area contributed by atoms with Gasteiger partial charge in [0.2, 0.25) is 0 Å². The zero-order valence-electron chi connectivity index (χ0n) is 13.9. The van der Waals surface area contributed by atoms with Gasteiger partial charge in [0.05, 0.1) is 12.7 Å². The summed E-state index contributed by atoms with van der Waals surface area (Å²) in [6.45, 7) is 9.13. The zero-order valence-corrected chi connectivity index (χ0v) is 13.9. The molecule has 2 aliphatic rings. The molecule has 0 amide bonds. The molecule has 2 saturated carbocycles. The lowest BCUT2D eigenvalue weighted by molar-refractivity contribution is -0.0121. The minimum atomic E-state index is 0.523. The van der Waals surface area contributed by atoms with Crippen LogP contribution in [-0.2, 0) is 4.74 Å². The summed E-state index contributed by atoms with van der Waals surface area (Å²) in [6.07, 6.45) is 12.6. The van der Waals surface area contributed by atoms with Crippen LogP contribution in [0.15, 0.2) is 0 Å². The van der Waals surface area contributed by atoms with Crippen molar-refractivity contribution in [3.8, 4) is 0 Å². The molecule has 0 radical (unpaired) electrons. The standard InChI is InChI=1S/C18H35NO/c1-4-13-19-17(15-7-5-6-8-15)14-20-16-9-11-18(2,3)12-10-16/h15-17,19H,4-14H2,1-3H3. The average molecular weight is 281 g/mol. The second-order valence-electron chi connectivity index (χ2n) is 7.80. The first-order valence-electron chi connectivity index (χ1n) is 8.96. The molecule has 1 N–H and O–H groups in total. The summed E-state index contributed by atoms with van der Waals surface area (Å²) in [5.74, 6) is 0.863. The Kier molecular flexibility index (Phi) is 6.35. The first kappa shape index (κ1) is 16.3. The Bertz CT molecular complexity index is 261. The zero-order chi connectivity index (χ0) is 14.4. The van der Waals surface area contributed by atoms with Gasteiger partial charge >= 0.3 is 0 Å². The number of hydrogen-bond acceptors (Lipinski definition) is 2. The van der Waals surface area contributed by atoms with E-state index in [1.54, 1.807) is 0 Å². The minimum Gasteiger partial charge on any atom is -0.377 e. The smallest absolute Gasteiger partial charge is 0.0626 e. The van der Waals surface area contributed by atoms with Gasteiger partial charge in [-0.05, 0) is 62.8 Å². The van der Waals surface area contributed by atoms with Gasteiger partial charge in [-0.25, -0.2) is 0 Å². The molecule has 2 rings (SSSR count). The molecule has 0 spiro atoms. The largest absolute Gasteiger partial charge is 0.377 e. The van der Waals surface area contributed by atoms with Crippen LogP contribution in [0.3, 0.4) is 0 Å². The maximum Gasteiger partial charge on any atom is 0.0626 e. The van der Waals surface area contributed by atoms with Crippen molar-refractivity contribution < 1.29 is 4.74 Å². The van der Waals surface area contributed by atoms with Crippen molar-refractivity contribution in [2.45, 2.75) is 90.7 Å². The van der Waals surface area contributed by atoms with Crippen molar-refractivity contribution in [2.24, 2.45) is 11.3 Å². The van der Waals surface area contributed by atoms with E-state index in [1.807, 2.05) is 0 Å². The van der Waals surface area contributed by atoms with Gasteiger partial charge in [-0.15, -0.1) is 0 Å². The van der Waals surface area contributed by atoms with Crippen LogP contribution in [0.5, 0.6) is 0 Å². The normalized spacial score (nSPS) is 25.9. The van der Waals surface area contributed by atoms with Crippen LogP contribution in [0, 0.1) is 11.3 Å². The van der Waals surface area contributed by atoms with Gasteiger partial charge in [-0.3, -0.25) is 0 Å². The Hall–Kier alpha value is -0.0800. The van der Waals surface area contributed by atoms with Gasteiger partial charge in [0.1, 0.15) is 0 Å². The van der Waals surface area contributed by atoms with Gasteiger partial charge in [-0.2, -0.15) is 0 Å². The molecule has 1 atom stereocenters. The molecule has 0 heterocycles. The highest BCUT2D eigenvalue weighted by Gasteiger charge is 2.29. The summed E-state index contributed by atoms with van der Waals surface area (Å²) in [5.41, 5.74) is 0.547. The minimum absolute atomic E-state index is 0.523. The quantitative estimate of drug-likeness (QED) is 0.740. The Balaban J connectivity index is 1.73. The Morgan fingerprint density at radius 3 is 2.35 bits per heavy atom. The predicted octanol–water partition coefficient (Wildman–Crippen LogP) is 4.53. The fourth-order valence-corrected chi connectivity index (χ4v) is 3.83. The van der Waals surface area contributed by atoms with E-state index in [0.29, 0.717) is 17.6 Å². The lowest BCUT2D eigenvalue weighted by Crippen LogP contribution is -2.41. The predicted molar refractivity (Wildman–Crippen MR) is 86.0 cm³/mol. The first-order chi connectivity index (χ1) is 9.61. The van der Waals surface area contributed by atoms with Crippen LogP contribution in [0.4, 0.5) is 0 Å². The van der Waals surface area contributed by atoms with Crippen LogP contribution in [0.2, 0.25) is 0 Å². The van der Waals surface area contributed by atoms with Crippen molar-refractivity contribution in [2.75, 3.05) is 13.2 Å². The second kappa shape index (κ2) is 7.79. The third kappa shape index (κ3) is 5.04. The maximum absolute atomic E-state index is 6.29. The van der Waals surface area contributed by atoms with Gasteiger partial charge in [0.15, 0.2) is 0 Å². The van der Waals surface area contributed by atoms with E-state index in [9.17, 15) is 0 Å². The molecule has 2 fully saturated rings. The highest BCUT2D eigenvalue weighted by molar-refractivity contribution is 4.83. The molecule has 20 heavy (non-hydrogen) atoms.